The first-order valence-electron chi connectivity index (χ1n) is 5.18. The minimum Gasteiger partial charge on any atom is -0.352 e. The van der Waals surface area contributed by atoms with Gasteiger partial charge in [0, 0.05) is 6.54 Å². The first-order valence-corrected chi connectivity index (χ1v) is 7.11. The summed E-state index contributed by atoms with van der Waals surface area (Å²) >= 11 is 5.62. The lowest BCUT2D eigenvalue weighted by Crippen LogP contribution is -2.26. The van der Waals surface area contributed by atoms with Crippen LogP contribution in [0.2, 0.25) is 5.02 Å². The van der Waals surface area contributed by atoms with E-state index in [4.69, 9.17) is 16.7 Å². The predicted molar refractivity (Wildman–Crippen MR) is 65.4 cm³/mol. The summed E-state index contributed by atoms with van der Waals surface area (Å²) < 4.78 is 49.0. The minimum atomic E-state index is -4.59. The van der Waals surface area contributed by atoms with E-state index in [1.54, 1.807) is 6.92 Å². The Hall–Kier alpha value is -1.25. The molecule has 0 aliphatic carbocycles. The Morgan fingerprint density at radius 1 is 1.47 bits per heavy atom. The number of nitrogens with two attached hydrogens (primary N) is 1. The molecule has 0 atom stereocenters. The summed E-state index contributed by atoms with van der Waals surface area (Å²) in [7, 11) is -4.59. The molecule has 106 valence electrons. The van der Waals surface area contributed by atoms with Crippen molar-refractivity contribution in [3.8, 4) is 0 Å². The molecule has 0 aliphatic rings. The monoisotopic (exact) mass is 312 g/mol. The van der Waals surface area contributed by atoms with Crippen LogP contribution in [-0.2, 0) is 10.0 Å². The van der Waals surface area contributed by atoms with Crippen molar-refractivity contribution in [2.24, 2.45) is 5.14 Å². The van der Waals surface area contributed by atoms with Gasteiger partial charge in [0.2, 0.25) is 10.0 Å². The average molecular weight is 313 g/mol. The number of amides is 1. The maximum Gasteiger partial charge on any atom is 0.252 e. The van der Waals surface area contributed by atoms with Gasteiger partial charge in [-0.1, -0.05) is 18.5 Å². The summed E-state index contributed by atoms with van der Waals surface area (Å²) in [4.78, 5) is 10.4. The Labute approximate surface area is 113 Å². The normalized spacial score (nSPS) is 11.4. The van der Waals surface area contributed by atoms with Gasteiger partial charge < -0.3 is 5.32 Å². The van der Waals surface area contributed by atoms with E-state index in [0.29, 0.717) is 12.5 Å². The Bertz CT molecular complexity index is 620. The standard InChI is InChI=1S/C10H11ClF2N2O3S/c1-2-3-15-10(16)5-4-6(12)8(13)9(7(5)11)19(14,17)18/h4H,2-3H2,1H3,(H,15,16)(H2,14,17,18). The molecule has 0 fully saturated rings. The highest BCUT2D eigenvalue weighted by atomic mass is 35.5. The van der Waals surface area contributed by atoms with Crippen molar-refractivity contribution in [2.45, 2.75) is 18.2 Å². The van der Waals surface area contributed by atoms with Crippen LogP contribution in [-0.4, -0.2) is 20.9 Å². The van der Waals surface area contributed by atoms with Crippen LogP contribution in [0.25, 0.3) is 0 Å². The number of carbonyl (C=O) groups excluding carboxylic acids is 1. The third-order valence-electron chi connectivity index (χ3n) is 2.18. The Morgan fingerprint density at radius 2 is 2.05 bits per heavy atom. The van der Waals surface area contributed by atoms with Crippen LogP contribution in [0.1, 0.15) is 23.7 Å². The van der Waals surface area contributed by atoms with Crippen molar-refractivity contribution in [1.29, 1.82) is 0 Å². The van der Waals surface area contributed by atoms with Crippen molar-refractivity contribution in [3.63, 3.8) is 0 Å². The van der Waals surface area contributed by atoms with Crippen LogP contribution in [0.4, 0.5) is 8.78 Å². The van der Waals surface area contributed by atoms with E-state index in [-0.39, 0.29) is 6.54 Å². The second kappa shape index (κ2) is 5.81. The third kappa shape index (κ3) is 3.40. The van der Waals surface area contributed by atoms with Crippen LogP contribution in [0.3, 0.4) is 0 Å². The molecule has 0 unspecified atom stereocenters. The Balaban J connectivity index is 3.45. The Kier molecular flexibility index (Phi) is 4.83. The number of hydrogen-bond acceptors (Lipinski definition) is 3. The van der Waals surface area contributed by atoms with Gasteiger partial charge in [-0.05, 0) is 12.5 Å². The summed E-state index contributed by atoms with van der Waals surface area (Å²) in [6.07, 6.45) is 0.606. The van der Waals surface area contributed by atoms with Crippen LogP contribution in [0, 0.1) is 11.6 Å². The van der Waals surface area contributed by atoms with Crippen LogP contribution in [0.5, 0.6) is 0 Å². The van der Waals surface area contributed by atoms with E-state index >= 15 is 0 Å². The average Bonchev–Trinajstić information content (AvgIpc) is 2.29. The number of carbonyl (C=O) groups is 1. The van der Waals surface area contributed by atoms with E-state index < -0.39 is 43.0 Å². The van der Waals surface area contributed by atoms with Gasteiger partial charge in [0.15, 0.2) is 11.6 Å². The van der Waals surface area contributed by atoms with Crippen LogP contribution in [0.15, 0.2) is 11.0 Å². The van der Waals surface area contributed by atoms with Crippen molar-refractivity contribution >= 4 is 27.5 Å². The van der Waals surface area contributed by atoms with E-state index in [1.165, 1.54) is 0 Å². The minimum absolute atomic E-state index is 0.277. The molecule has 9 heteroatoms. The molecule has 0 aromatic heterocycles. The zero-order valence-electron chi connectivity index (χ0n) is 9.84. The molecular weight excluding hydrogens is 302 g/mol. The van der Waals surface area contributed by atoms with Crippen molar-refractivity contribution in [1.82, 2.24) is 5.32 Å². The topological polar surface area (TPSA) is 89.3 Å². The van der Waals surface area contributed by atoms with Gasteiger partial charge in [-0.15, -0.1) is 0 Å². The highest BCUT2D eigenvalue weighted by Crippen LogP contribution is 2.29. The number of nitrogens with one attached hydrogen (secondary N) is 1. The molecule has 0 saturated carbocycles. The maximum atomic E-state index is 13.4. The molecule has 0 heterocycles. The number of hydrogen-bond donors (Lipinski definition) is 2. The van der Waals surface area contributed by atoms with Gasteiger partial charge in [0.05, 0.1) is 10.6 Å². The summed E-state index contributed by atoms with van der Waals surface area (Å²) in [5.41, 5.74) is -0.488. The third-order valence-corrected chi connectivity index (χ3v) is 3.64. The fraction of sp³-hybridized carbons (Fsp3) is 0.300. The Morgan fingerprint density at radius 3 is 2.53 bits per heavy atom. The molecule has 0 aliphatic heterocycles. The molecule has 1 rings (SSSR count). The first-order chi connectivity index (χ1) is 8.70. The highest BCUT2D eigenvalue weighted by Gasteiger charge is 2.27. The van der Waals surface area contributed by atoms with Gasteiger partial charge in [-0.25, -0.2) is 22.3 Å². The largest absolute Gasteiger partial charge is 0.352 e. The number of sulfonamides is 1. The van der Waals surface area contributed by atoms with Gasteiger partial charge in [-0.2, -0.15) is 0 Å². The lowest BCUT2D eigenvalue weighted by atomic mass is 10.2. The van der Waals surface area contributed by atoms with E-state index in [2.05, 4.69) is 5.32 Å². The van der Waals surface area contributed by atoms with E-state index in [1.807, 2.05) is 0 Å². The molecule has 19 heavy (non-hydrogen) atoms. The zero-order chi connectivity index (χ0) is 14.8. The molecule has 0 radical (unpaired) electrons. The van der Waals surface area contributed by atoms with Crippen molar-refractivity contribution in [3.05, 3.63) is 28.3 Å². The van der Waals surface area contributed by atoms with Crippen molar-refractivity contribution < 1.29 is 22.0 Å². The zero-order valence-corrected chi connectivity index (χ0v) is 11.4. The molecule has 3 N–H and O–H groups in total. The predicted octanol–water partition coefficient (Wildman–Crippen LogP) is 1.41. The first kappa shape index (κ1) is 15.8. The molecule has 0 saturated heterocycles. The van der Waals surface area contributed by atoms with E-state index in [9.17, 15) is 22.0 Å². The molecule has 1 amide bonds. The number of primary sulfonamides is 1. The second-order valence-corrected chi connectivity index (χ2v) is 5.54. The molecule has 0 spiro atoms. The number of benzene rings is 1. The molecular formula is C10H11ClF2N2O3S. The van der Waals surface area contributed by atoms with Crippen molar-refractivity contribution in [2.75, 3.05) is 6.54 Å². The van der Waals surface area contributed by atoms with Gasteiger partial charge in [0.25, 0.3) is 5.91 Å². The molecule has 0 bridgehead atoms. The van der Waals surface area contributed by atoms with Gasteiger partial charge >= 0.3 is 0 Å². The summed E-state index contributed by atoms with van der Waals surface area (Å²) in [6, 6.07) is 0.525. The highest BCUT2D eigenvalue weighted by molar-refractivity contribution is 7.89. The van der Waals surface area contributed by atoms with Gasteiger partial charge in [-0.3, -0.25) is 4.79 Å². The molecule has 1 aromatic carbocycles. The van der Waals surface area contributed by atoms with Gasteiger partial charge in [0.1, 0.15) is 4.90 Å². The smallest absolute Gasteiger partial charge is 0.252 e. The number of rotatable bonds is 4. The lowest BCUT2D eigenvalue weighted by Gasteiger charge is -2.10. The maximum absolute atomic E-state index is 13.4. The fourth-order valence-corrected chi connectivity index (χ4v) is 2.58. The van der Waals surface area contributed by atoms with E-state index in [0.717, 1.165) is 0 Å². The number of halogens is 3. The summed E-state index contributed by atoms with van der Waals surface area (Å²) in [5, 5.41) is 6.37. The van der Waals surface area contributed by atoms with Crippen LogP contribution >= 0.6 is 11.6 Å². The summed E-state index contributed by atoms with van der Waals surface area (Å²) in [5.74, 6) is -4.04. The molecule has 5 nitrogen and oxygen atoms in total. The quantitative estimate of drug-likeness (QED) is 0.824. The summed E-state index contributed by atoms with van der Waals surface area (Å²) in [6.45, 7) is 2.06. The fourth-order valence-electron chi connectivity index (χ4n) is 1.33. The SMILES string of the molecule is CCCNC(=O)c1cc(F)c(F)c(S(N)(=O)=O)c1Cl. The lowest BCUT2D eigenvalue weighted by molar-refractivity contribution is 0.0953. The van der Waals surface area contributed by atoms with Crippen LogP contribution < -0.4 is 10.5 Å². The molecule has 1 aromatic rings. The second-order valence-electron chi connectivity index (χ2n) is 3.66.